The summed E-state index contributed by atoms with van der Waals surface area (Å²) in [6.45, 7) is 7.42. The highest BCUT2D eigenvalue weighted by Crippen LogP contribution is 2.27. The number of benzene rings is 1. The highest BCUT2D eigenvalue weighted by molar-refractivity contribution is 5.93. The summed E-state index contributed by atoms with van der Waals surface area (Å²) in [6, 6.07) is 6.40. The van der Waals surface area contributed by atoms with Crippen molar-refractivity contribution in [1.82, 2.24) is 15.5 Å². The predicted molar refractivity (Wildman–Crippen MR) is 110 cm³/mol. The number of anilines is 1. The Morgan fingerprint density at radius 3 is 2.46 bits per heavy atom. The van der Waals surface area contributed by atoms with E-state index in [2.05, 4.69) is 20.9 Å². The molecule has 0 spiro atoms. The Kier molecular flexibility index (Phi) is 8.44. The van der Waals surface area contributed by atoms with Gasteiger partial charge < -0.3 is 16.0 Å². The molecule has 0 atom stereocenters. The number of hydrogen-bond acceptors (Lipinski definition) is 4. The van der Waals surface area contributed by atoms with Gasteiger partial charge in [0.1, 0.15) is 0 Å². The van der Waals surface area contributed by atoms with Gasteiger partial charge in [-0.05, 0) is 50.3 Å². The normalized spacial score (nSPS) is 13.3. The minimum absolute atomic E-state index is 0.0246. The lowest BCUT2D eigenvalue weighted by Crippen LogP contribution is -2.38. The van der Waals surface area contributed by atoms with E-state index in [1.165, 1.54) is 6.92 Å². The summed E-state index contributed by atoms with van der Waals surface area (Å²) in [6.07, 6.45) is 3.23. The number of hydrogen-bond donors (Lipinski definition) is 3. The first-order chi connectivity index (χ1) is 13.3. The number of aryl methyl sites for hydroxylation is 2. The lowest BCUT2D eigenvalue weighted by Gasteiger charge is -2.21. The van der Waals surface area contributed by atoms with Crippen molar-refractivity contribution in [3.63, 3.8) is 0 Å². The zero-order valence-corrected chi connectivity index (χ0v) is 17.1. The third-order valence-electron chi connectivity index (χ3n) is 4.75. The summed E-state index contributed by atoms with van der Waals surface area (Å²) in [5.41, 5.74) is 2.99. The monoisotopic (exact) mass is 388 g/mol. The molecule has 0 heterocycles. The Bertz CT molecular complexity index is 701. The SMILES string of the molecule is CC(=O)NCCCNC(=O)CCN(CC(=O)Nc1cc(C)ccc1C)C1CC1. The van der Waals surface area contributed by atoms with Gasteiger partial charge in [0.15, 0.2) is 0 Å². The van der Waals surface area contributed by atoms with E-state index in [9.17, 15) is 14.4 Å². The van der Waals surface area contributed by atoms with Crippen molar-refractivity contribution in [3.8, 4) is 0 Å². The van der Waals surface area contributed by atoms with Gasteiger partial charge in [0.05, 0.1) is 6.54 Å². The zero-order valence-electron chi connectivity index (χ0n) is 17.1. The van der Waals surface area contributed by atoms with E-state index in [4.69, 9.17) is 0 Å². The summed E-state index contributed by atoms with van der Waals surface area (Å²) in [5, 5.41) is 8.55. The van der Waals surface area contributed by atoms with Crippen LogP contribution < -0.4 is 16.0 Å². The Morgan fingerprint density at radius 2 is 1.79 bits per heavy atom. The molecule has 0 aliphatic heterocycles. The Hall–Kier alpha value is -2.41. The van der Waals surface area contributed by atoms with Gasteiger partial charge in [0.25, 0.3) is 0 Å². The average molecular weight is 389 g/mol. The molecular weight excluding hydrogens is 356 g/mol. The van der Waals surface area contributed by atoms with Crippen molar-refractivity contribution in [1.29, 1.82) is 0 Å². The van der Waals surface area contributed by atoms with Crippen LogP contribution in [0.5, 0.6) is 0 Å². The first-order valence-corrected chi connectivity index (χ1v) is 9.97. The fourth-order valence-corrected chi connectivity index (χ4v) is 2.99. The number of amides is 3. The van der Waals surface area contributed by atoms with Crippen LogP contribution in [0.25, 0.3) is 0 Å². The van der Waals surface area contributed by atoms with Crippen LogP contribution in [0.15, 0.2) is 18.2 Å². The van der Waals surface area contributed by atoms with Crippen molar-refractivity contribution in [2.75, 3.05) is 31.5 Å². The molecule has 0 saturated heterocycles. The topological polar surface area (TPSA) is 90.5 Å². The molecule has 3 amide bonds. The third kappa shape index (κ3) is 8.08. The largest absolute Gasteiger partial charge is 0.356 e. The summed E-state index contributed by atoms with van der Waals surface area (Å²) in [4.78, 5) is 37.4. The van der Waals surface area contributed by atoms with Crippen molar-refractivity contribution in [2.24, 2.45) is 0 Å². The van der Waals surface area contributed by atoms with E-state index in [0.717, 1.165) is 29.7 Å². The standard InChI is InChI=1S/C21H32N4O3/c1-15-5-6-16(2)19(13-15)24-21(28)14-25(18-7-8-18)12-9-20(27)23-11-4-10-22-17(3)26/h5-6,13,18H,4,7-12,14H2,1-3H3,(H,22,26)(H,23,27)(H,24,28). The van der Waals surface area contributed by atoms with Crippen LogP contribution in [-0.4, -0.2) is 54.8 Å². The number of rotatable bonds is 11. The van der Waals surface area contributed by atoms with Crippen LogP contribution >= 0.6 is 0 Å². The van der Waals surface area contributed by atoms with Crippen LogP contribution in [-0.2, 0) is 14.4 Å². The second kappa shape index (κ2) is 10.8. The summed E-state index contributed by atoms with van der Waals surface area (Å²) in [7, 11) is 0. The molecule has 3 N–H and O–H groups in total. The number of carbonyl (C=O) groups is 3. The average Bonchev–Trinajstić information content (AvgIpc) is 3.46. The van der Waals surface area contributed by atoms with E-state index in [1.807, 2.05) is 32.0 Å². The minimum atomic E-state index is -0.0643. The van der Waals surface area contributed by atoms with Crippen LogP contribution in [0.3, 0.4) is 0 Å². The van der Waals surface area contributed by atoms with Crippen LogP contribution in [0.2, 0.25) is 0 Å². The Morgan fingerprint density at radius 1 is 1.07 bits per heavy atom. The highest BCUT2D eigenvalue weighted by atomic mass is 16.2. The van der Waals surface area contributed by atoms with Crippen molar-refractivity contribution in [2.45, 2.75) is 52.5 Å². The van der Waals surface area contributed by atoms with Gasteiger partial charge in [0, 0.05) is 44.7 Å². The lowest BCUT2D eigenvalue weighted by atomic mass is 10.1. The van der Waals surface area contributed by atoms with Gasteiger partial charge >= 0.3 is 0 Å². The molecule has 1 aliphatic rings. The van der Waals surface area contributed by atoms with Crippen LogP contribution in [0.1, 0.15) is 43.7 Å². The molecule has 0 aromatic heterocycles. The zero-order chi connectivity index (χ0) is 20.5. The van der Waals surface area contributed by atoms with Crippen molar-refractivity contribution in [3.05, 3.63) is 29.3 Å². The molecule has 7 heteroatoms. The van der Waals surface area contributed by atoms with Gasteiger partial charge in [-0.25, -0.2) is 0 Å². The Balaban J connectivity index is 1.72. The van der Waals surface area contributed by atoms with Crippen LogP contribution in [0.4, 0.5) is 5.69 Å². The van der Waals surface area contributed by atoms with Gasteiger partial charge in [0.2, 0.25) is 17.7 Å². The molecule has 28 heavy (non-hydrogen) atoms. The number of nitrogens with one attached hydrogen (secondary N) is 3. The van der Waals surface area contributed by atoms with Crippen LogP contribution in [0, 0.1) is 13.8 Å². The molecule has 1 fully saturated rings. The first-order valence-electron chi connectivity index (χ1n) is 9.97. The van der Waals surface area contributed by atoms with Crippen molar-refractivity contribution < 1.29 is 14.4 Å². The summed E-state index contributed by atoms with van der Waals surface area (Å²) < 4.78 is 0. The summed E-state index contributed by atoms with van der Waals surface area (Å²) >= 11 is 0. The highest BCUT2D eigenvalue weighted by Gasteiger charge is 2.30. The molecule has 7 nitrogen and oxygen atoms in total. The molecule has 1 saturated carbocycles. The van der Waals surface area contributed by atoms with E-state index in [1.54, 1.807) is 0 Å². The van der Waals surface area contributed by atoms with Crippen molar-refractivity contribution >= 4 is 23.4 Å². The number of carbonyl (C=O) groups excluding carboxylic acids is 3. The summed E-state index contributed by atoms with van der Waals surface area (Å²) in [5.74, 6) is -0.134. The molecule has 1 aromatic carbocycles. The van der Waals surface area contributed by atoms with E-state index >= 15 is 0 Å². The second-order valence-electron chi connectivity index (χ2n) is 7.50. The number of nitrogens with zero attached hydrogens (tertiary/aromatic N) is 1. The third-order valence-corrected chi connectivity index (χ3v) is 4.75. The lowest BCUT2D eigenvalue weighted by molar-refractivity contribution is -0.122. The molecule has 154 valence electrons. The minimum Gasteiger partial charge on any atom is -0.356 e. The molecule has 0 bridgehead atoms. The van der Waals surface area contributed by atoms with Gasteiger partial charge in [-0.3, -0.25) is 19.3 Å². The second-order valence-corrected chi connectivity index (χ2v) is 7.50. The predicted octanol–water partition coefficient (Wildman–Crippen LogP) is 1.74. The molecule has 1 aliphatic carbocycles. The smallest absolute Gasteiger partial charge is 0.238 e. The van der Waals surface area contributed by atoms with E-state index < -0.39 is 0 Å². The molecular formula is C21H32N4O3. The fourth-order valence-electron chi connectivity index (χ4n) is 2.99. The molecule has 0 unspecified atom stereocenters. The molecule has 0 radical (unpaired) electrons. The van der Waals surface area contributed by atoms with E-state index in [-0.39, 0.29) is 17.7 Å². The van der Waals surface area contributed by atoms with Gasteiger partial charge in [-0.2, -0.15) is 0 Å². The van der Waals surface area contributed by atoms with Gasteiger partial charge in [-0.15, -0.1) is 0 Å². The maximum Gasteiger partial charge on any atom is 0.238 e. The van der Waals surface area contributed by atoms with E-state index in [0.29, 0.717) is 45.1 Å². The Labute approximate surface area is 167 Å². The maximum absolute atomic E-state index is 12.5. The molecule has 2 rings (SSSR count). The maximum atomic E-state index is 12.5. The van der Waals surface area contributed by atoms with Gasteiger partial charge in [-0.1, -0.05) is 12.1 Å². The molecule has 1 aromatic rings. The quantitative estimate of drug-likeness (QED) is 0.504. The first kappa shape index (κ1) is 21.9. The fraction of sp³-hybridized carbons (Fsp3) is 0.571.